The van der Waals surface area contributed by atoms with E-state index < -0.39 is 10.8 Å². The van der Waals surface area contributed by atoms with E-state index in [0.717, 1.165) is 28.6 Å². The zero-order chi connectivity index (χ0) is 23.3. The van der Waals surface area contributed by atoms with Crippen molar-refractivity contribution in [2.45, 2.75) is 44.5 Å². The van der Waals surface area contributed by atoms with Crippen LogP contribution in [0.25, 0.3) is 11.3 Å². The number of aromatic nitrogens is 3. The molecule has 0 spiro atoms. The summed E-state index contributed by atoms with van der Waals surface area (Å²) >= 11 is 1.15. The van der Waals surface area contributed by atoms with E-state index >= 15 is 0 Å². The molecule has 1 atom stereocenters. The molecule has 9 heteroatoms. The third-order valence-electron chi connectivity index (χ3n) is 4.73. The van der Waals surface area contributed by atoms with Gasteiger partial charge in [-0.05, 0) is 38.0 Å². The Morgan fingerprint density at radius 3 is 2.47 bits per heavy atom. The quantitative estimate of drug-likeness (QED) is 0.469. The lowest BCUT2D eigenvalue weighted by atomic mass is 10.1. The van der Waals surface area contributed by atoms with Crippen LogP contribution in [-0.2, 0) is 9.59 Å². The Kier molecular flexibility index (Phi) is 7.42. The van der Waals surface area contributed by atoms with E-state index in [9.17, 15) is 14.4 Å². The number of amides is 2. The maximum atomic E-state index is 12.8. The number of thioether (sulfide) groups is 1. The summed E-state index contributed by atoms with van der Waals surface area (Å²) in [6.07, 6.45) is 0.540. The number of para-hydroxylation sites is 1. The molecule has 2 amide bonds. The summed E-state index contributed by atoms with van der Waals surface area (Å²) in [5, 5.41) is 13.6. The zero-order valence-corrected chi connectivity index (χ0v) is 19.2. The smallest absolute Gasteiger partial charge is 0.278 e. The average Bonchev–Trinajstić information content (AvgIpc) is 2.74. The van der Waals surface area contributed by atoms with Crippen molar-refractivity contribution in [2.75, 3.05) is 10.6 Å². The van der Waals surface area contributed by atoms with E-state index in [-0.39, 0.29) is 22.7 Å². The van der Waals surface area contributed by atoms with Crippen LogP contribution in [0.4, 0.5) is 11.4 Å². The summed E-state index contributed by atoms with van der Waals surface area (Å²) in [6.45, 7) is 7.22. The number of aryl methyl sites for hydroxylation is 2. The van der Waals surface area contributed by atoms with Gasteiger partial charge in [0.2, 0.25) is 11.8 Å². The van der Waals surface area contributed by atoms with E-state index in [4.69, 9.17) is 0 Å². The minimum atomic E-state index is -0.460. The van der Waals surface area contributed by atoms with Gasteiger partial charge in [0, 0.05) is 18.2 Å². The second kappa shape index (κ2) is 10.2. The van der Waals surface area contributed by atoms with E-state index in [1.165, 1.54) is 6.92 Å². The first-order valence-corrected chi connectivity index (χ1v) is 11.0. The average molecular weight is 452 g/mol. The number of carbonyl (C=O) groups excluding carboxylic acids is 2. The molecule has 166 valence electrons. The van der Waals surface area contributed by atoms with Crippen LogP contribution < -0.4 is 16.2 Å². The molecule has 0 saturated carbocycles. The fraction of sp³-hybridized carbons (Fsp3) is 0.261. The normalized spacial score (nSPS) is 11.6. The summed E-state index contributed by atoms with van der Waals surface area (Å²) in [5.74, 6) is -0.429. The topological polar surface area (TPSA) is 117 Å². The molecule has 32 heavy (non-hydrogen) atoms. The summed E-state index contributed by atoms with van der Waals surface area (Å²) in [7, 11) is 0. The highest BCUT2D eigenvalue weighted by Gasteiger charge is 2.21. The Bertz CT molecular complexity index is 1210. The standard InChI is InChI=1S/C23H25N5O3S/c1-5-19(21(30)25-17-11-10-13(2)12-14(17)3)32-23-26-22(31)20(27-28-23)16-8-6-7-9-18(16)24-15(4)29/h6-12,19H,5H2,1-4H3,(H,24,29)(H,25,30)(H,26,28,31). The lowest BCUT2D eigenvalue weighted by molar-refractivity contribution is -0.116. The van der Waals surface area contributed by atoms with Crippen LogP contribution in [0.5, 0.6) is 0 Å². The number of carbonyl (C=O) groups is 2. The molecular formula is C23H25N5O3S. The molecule has 0 saturated heterocycles. The minimum absolute atomic E-state index is 0.0893. The molecule has 2 aromatic carbocycles. The maximum Gasteiger partial charge on any atom is 0.278 e. The van der Waals surface area contributed by atoms with E-state index in [1.54, 1.807) is 24.3 Å². The predicted octanol–water partition coefficient (Wildman–Crippen LogP) is 3.92. The van der Waals surface area contributed by atoms with Gasteiger partial charge in [-0.2, -0.15) is 0 Å². The molecule has 0 fully saturated rings. The molecule has 1 heterocycles. The fourth-order valence-electron chi connectivity index (χ4n) is 3.16. The molecule has 1 aromatic heterocycles. The maximum absolute atomic E-state index is 12.8. The van der Waals surface area contributed by atoms with Gasteiger partial charge in [0.15, 0.2) is 10.9 Å². The van der Waals surface area contributed by atoms with Gasteiger partial charge in [0.1, 0.15) is 0 Å². The lowest BCUT2D eigenvalue weighted by Gasteiger charge is -2.15. The van der Waals surface area contributed by atoms with Crippen molar-refractivity contribution < 1.29 is 9.59 Å². The first-order chi connectivity index (χ1) is 15.3. The van der Waals surface area contributed by atoms with Gasteiger partial charge in [-0.1, -0.05) is 54.6 Å². The fourth-order valence-corrected chi connectivity index (χ4v) is 4.01. The SMILES string of the molecule is CCC(Sc1nnc(-c2ccccc2NC(C)=O)c(=O)[nH]1)C(=O)Nc1ccc(C)cc1C. The van der Waals surface area contributed by atoms with Crippen molar-refractivity contribution in [3.05, 3.63) is 63.9 Å². The number of hydrogen-bond acceptors (Lipinski definition) is 6. The minimum Gasteiger partial charge on any atom is -0.326 e. The molecule has 3 aromatic rings. The molecule has 8 nitrogen and oxygen atoms in total. The third-order valence-corrected chi connectivity index (χ3v) is 5.97. The molecule has 0 bridgehead atoms. The Labute approximate surface area is 190 Å². The van der Waals surface area contributed by atoms with Crippen LogP contribution in [-0.4, -0.2) is 32.2 Å². The second-order valence-electron chi connectivity index (χ2n) is 7.36. The van der Waals surface area contributed by atoms with E-state index in [0.29, 0.717) is 17.7 Å². The molecular weight excluding hydrogens is 426 g/mol. The summed E-state index contributed by atoms with van der Waals surface area (Å²) in [4.78, 5) is 39.6. The van der Waals surface area contributed by atoms with Crippen LogP contribution >= 0.6 is 11.8 Å². The van der Waals surface area contributed by atoms with Crippen LogP contribution in [0.3, 0.4) is 0 Å². The first kappa shape index (κ1) is 23.2. The van der Waals surface area contributed by atoms with Crippen molar-refractivity contribution in [2.24, 2.45) is 0 Å². The summed E-state index contributed by atoms with van der Waals surface area (Å²) in [6, 6.07) is 12.7. The van der Waals surface area contributed by atoms with Gasteiger partial charge in [0.25, 0.3) is 5.56 Å². The summed E-state index contributed by atoms with van der Waals surface area (Å²) < 4.78 is 0. The van der Waals surface area contributed by atoms with E-state index in [1.807, 2.05) is 39.0 Å². The largest absolute Gasteiger partial charge is 0.326 e. The van der Waals surface area contributed by atoms with Crippen molar-refractivity contribution in [1.82, 2.24) is 15.2 Å². The molecule has 1 unspecified atom stereocenters. The number of rotatable bonds is 7. The second-order valence-corrected chi connectivity index (χ2v) is 8.55. The zero-order valence-electron chi connectivity index (χ0n) is 18.4. The Morgan fingerprint density at radius 2 is 1.81 bits per heavy atom. The van der Waals surface area contributed by atoms with Gasteiger partial charge in [-0.25, -0.2) is 0 Å². The molecule has 3 N–H and O–H groups in total. The van der Waals surface area contributed by atoms with Crippen LogP contribution in [0, 0.1) is 13.8 Å². The van der Waals surface area contributed by atoms with Crippen LogP contribution in [0.15, 0.2) is 52.4 Å². The highest BCUT2D eigenvalue weighted by atomic mass is 32.2. The number of H-pyrrole nitrogens is 1. The molecule has 0 aliphatic carbocycles. The lowest BCUT2D eigenvalue weighted by Crippen LogP contribution is -2.26. The van der Waals surface area contributed by atoms with Gasteiger partial charge in [-0.15, -0.1) is 10.2 Å². The number of nitrogens with one attached hydrogen (secondary N) is 3. The highest BCUT2D eigenvalue weighted by molar-refractivity contribution is 8.00. The van der Waals surface area contributed by atoms with E-state index in [2.05, 4.69) is 25.8 Å². The third kappa shape index (κ3) is 5.61. The summed E-state index contributed by atoms with van der Waals surface area (Å²) in [5.41, 5.74) is 3.43. The van der Waals surface area contributed by atoms with Gasteiger partial charge in [-0.3, -0.25) is 19.4 Å². The molecule has 3 rings (SSSR count). The van der Waals surface area contributed by atoms with Gasteiger partial charge < -0.3 is 10.6 Å². The predicted molar refractivity (Wildman–Crippen MR) is 127 cm³/mol. The van der Waals surface area contributed by atoms with Crippen molar-refractivity contribution in [3.8, 4) is 11.3 Å². The Balaban J connectivity index is 1.79. The Hall–Kier alpha value is -3.46. The number of nitrogens with zero attached hydrogens (tertiary/aromatic N) is 2. The number of anilines is 2. The van der Waals surface area contributed by atoms with Crippen LogP contribution in [0.2, 0.25) is 0 Å². The van der Waals surface area contributed by atoms with Crippen molar-refractivity contribution in [3.63, 3.8) is 0 Å². The molecule has 0 radical (unpaired) electrons. The monoisotopic (exact) mass is 451 g/mol. The van der Waals surface area contributed by atoms with Gasteiger partial charge >= 0.3 is 0 Å². The number of hydrogen-bond donors (Lipinski definition) is 3. The van der Waals surface area contributed by atoms with Crippen LogP contribution in [0.1, 0.15) is 31.4 Å². The number of benzene rings is 2. The molecule has 0 aliphatic heterocycles. The van der Waals surface area contributed by atoms with Crippen molar-refractivity contribution >= 4 is 35.0 Å². The highest BCUT2D eigenvalue weighted by Crippen LogP contribution is 2.26. The molecule has 0 aliphatic rings. The van der Waals surface area contributed by atoms with Gasteiger partial charge in [0.05, 0.1) is 10.9 Å². The Morgan fingerprint density at radius 1 is 1.06 bits per heavy atom. The first-order valence-electron chi connectivity index (χ1n) is 10.2. The number of aromatic amines is 1. The van der Waals surface area contributed by atoms with Crippen molar-refractivity contribution in [1.29, 1.82) is 0 Å².